The van der Waals surface area contributed by atoms with Crippen LogP contribution in [0, 0.1) is 5.82 Å². The van der Waals surface area contributed by atoms with Crippen LogP contribution in [0.25, 0.3) is 11.0 Å². The van der Waals surface area contributed by atoms with Gasteiger partial charge in [0.25, 0.3) is 5.91 Å². The molecule has 0 saturated carbocycles. The van der Waals surface area contributed by atoms with Crippen molar-refractivity contribution in [2.24, 2.45) is 4.99 Å². The van der Waals surface area contributed by atoms with Crippen LogP contribution >= 0.6 is 23.5 Å². The van der Waals surface area contributed by atoms with E-state index in [1.807, 2.05) is 30.3 Å². The van der Waals surface area contributed by atoms with Crippen LogP contribution in [0.2, 0.25) is 0 Å². The van der Waals surface area contributed by atoms with Gasteiger partial charge in [-0.25, -0.2) is 4.39 Å². The van der Waals surface area contributed by atoms with Gasteiger partial charge < -0.3 is 9.73 Å². The zero-order valence-corrected chi connectivity index (χ0v) is 16.7. The number of para-hydroxylation sites is 1. The van der Waals surface area contributed by atoms with E-state index in [-0.39, 0.29) is 11.7 Å². The second kappa shape index (κ2) is 8.84. The molecule has 1 aromatic heterocycles. The molecule has 0 aliphatic carbocycles. The molecule has 0 spiro atoms. The second-order valence-corrected chi connectivity index (χ2v) is 8.63. The molecule has 4 rings (SSSR count). The van der Waals surface area contributed by atoms with Crippen molar-refractivity contribution in [1.82, 2.24) is 5.32 Å². The first kappa shape index (κ1) is 19.1. The molecule has 0 atom stereocenters. The van der Waals surface area contributed by atoms with E-state index in [9.17, 15) is 9.18 Å². The molecular weight excluding hydrogens is 395 g/mol. The second-order valence-electron chi connectivity index (χ2n) is 6.33. The Morgan fingerprint density at radius 1 is 1.25 bits per heavy atom. The van der Waals surface area contributed by atoms with Gasteiger partial charge in [-0.2, -0.15) is 0 Å². The molecule has 1 aliphatic rings. The lowest BCUT2D eigenvalue weighted by molar-refractivity contribution is 0.0927. The summed E-state index contributed by atoms with van der Waals surface area (Å²) in [5.41, 5.74) is 2.44. The first-order chi connectivity index (χ1) is 13.7. The van der Waals surface area contributed by atoms with Crippen molar-refractivity contribution in [1.29, 1.82) is 0 Å². The molecule has 0 bridgehead atoms. The number of carbonyl (C=O) groups excluding carboxylic acids is 1. The Kier molecular flexibility index (Phi) is 6.02. The fourth-order valence-electron chi connectivity index (χ4n) is 3.06. The number of hydrogen-bond acceptors (Lipinski definition) is 5. The molecule has 1 aliphatic heterocycles. The Morgan fingerprint density at radius 2 is 2.14 bits per heavy atom. The van der Waals surface area contributed by atoms with Crippen molar-refractivity contribution < 1.29 is 13.6 Å². The summed E-state index contributed by atoms with van der Waals surface area (Å²) in [6.07, 6.45) is 0.557. The van der Waals surface area contributed by atoms with Crippen LogP contribution in [-0.2, 0) is 12.2 Å². The van der Waals surface area contributed by atoms with Gasteiger partial charge in [0.05, 0.1) is 6.54 Å². The fraction of sp³-hybridized carbons (Fsp3) is 0.238. The first-order valence-electron chi connectivity index (χ1n) is 9.04. The van der Waals surface area contributed by atoms with Gasteiger partial charge in [-0.1, -0.05) is 53.9 Å². The van der Waals surface area contributed by atoms with Crippen molar-refractivity contribution in [3.63, 3.8) is 0 Å². The summed E-state index contributed by atoms with van der Waals surface area (Å²) < 4.78 is 20.2. The average Bonchev–Trinajstić information content (AvgIpc) is 3.34. The van der Waals surface area contributed by atoms with E-state index >= 15 is 0 Å². The summed E-state index contributed by atoms with van der Waals surface area (Å²) in [6, 6.07) is 14.1. The molecule has 3 aromatic rings. The van der Waals surface area contributed by atoms with E-state index < -0.39 is 0 Å². The zero-order valence-electron chi connectivity index (χ0n) is 15.1. The Bertz CT molecular complexity index is 1030. The van der Waals surface area contributed by atoms with Gasteiger partial charge in [0.2, 0.25) is 0 Å². The number of nitrogens with one attached hydrogen (secondary N) is 1. The fourth-order valence-corrected chi connectivity index (χ4v) is 5.09. The van der Waals surface area contributed by atoms with Crippen molar-refractivity contribution in [3.05, 3.63) is 71.2 Å². The number of carbonyl (C=O) groups is 1. The lowest BCUT2D eigenvalue weighted by Gasteiger charge is -2.06. The third-order valence-electron chi connectivity index (χ3n) is 4.39. The van der Waals surface area contributed by atoms with Gasteiger partial charge in [0, 0.05) is 29.0 Å². The van der Waals surface area contributed by atoms with Crippen molar-refractivity contribution in [3.8, 4) is 0 Å². The molecule has 0 radical (unpaired) electrons. The molecule has 2 heterocycles. The van der Waals surface area contributed by atoms with Crippen LogP contribution < -0.4 is 5.32 Å². The molecule has 0 saturated heterocycles. The number of aliphatic imine (C=N–C) groups is 1. The quantitative estimate of drug-likeness (QED) is 0.625. The average molecular weight is 415 g/mol. The molecule has 1 amide bonds. The molecule has 7 heteroatoms. The minimum absolute atomic E-state index is 0.246. The van der Waals surface area contributed by atoms with Gasteiger partial charge in [0.1, 0.15) is 15.8 Å². The molecule has 144 valence electrons. The molecule has 0 fully saturated rings. The van der Waals surface area contributed by atoms with E-state index in [0.29, 0.717) is 30.1 Å². The maximum atomic E-state index is 13.3. The lowest BCUT2D eigenvalue weighted by atomic mass is 10.1. The van der Waals surface area contributed by atoms with Crippen molar-refractivity contribution in [2.75, 3.05) is 18.8 Å². The SMILES string of the molecule is O=C(NCCc1cccc(F)c1)c1oc2ccccc2c1CSC1=NCCS1. The number of halogens is 1. The number of nitrogens with zero attached hydrogens (tertiary/aromatic N) is 1. The normalized spacial score (nSPS) is 13.7. The van der Waals surface area contributed by atoms with Crippen molar-refractivity contribution >= 4 is 44.8 Å². The van der Waals surface area contributed by atoms with Crippen LogP contribution in [-0.4, -0.2) is 29.1 Å². The van der Waals surface area contributed by atoms with E-state index in [1.165, 1.54) is 12.1 Å². The van der Waals surface area contributed by atoms with Gasteiger partial charge in [-0.3, -0.25) is 9.79 Å². The topological polar surface area (TPSA) is 54.6 Å². The highest BCUT2D eigenvalue weighted by Gasteiger charge is 2.21. The predicted molar refractivity (Wildman–Crippen MR) is 115 cm³/mol. The van der Waals surface area contributed by atoms with Gasteiger partial charge >= 0.3 is 0 Å². The first-order valence-corrected chi connectivity index (χ1v) is 11.0. The summed E-state index contributed by atoms with van der Waals surface area (Å²) in [5.74, 6) is 1.48. The van der Waals surface area contributed by atoms with Crippen molar-refractivity contribution in [2.45, 2.75) is 12.2 Å². The number of furan rings is 1. The van der Waals surface area contributed by atoms with Gasteiger partial charge in [-0.15, -0.1) is 0 Å². The Labute approximate surface area is 171 Å². The van der Waals surface area contributed by atoms with Crippen LogP contribution in [0.15, 0.2) is 57.9 Å². The third kappa shape index (κ3) is 4.42. The predicted octanol–water partition coefficient (Wildman–Crippen LogP) is 4.88. The Hall–Kier alpha value is -2.25. The molecule has 0 unspecified atom stereocenters. The minimum Gasteiger partial charge on any atom is -0.451 e. The number of thioether (sulfide) groups is 2. The van der Waals surface area contributed by atoms with Crippen LogP contribution in [0.3, 0.4) is 0 Å². The summed E-state index contributed by atoms with van der Waals surface area (Å²) >= 11 is 3.39. The smallest absolute Gasteiger partial charge is 0.287 e. The maximum absolute atomic E-state index is 13.3. The maximum Gasteiger partial charge on any atom is 0.287 e. The van der Waals surface area contributed by atoms with E-state index in [1.54, 1.807) is 29.6 Å². The van der Waals surface area contributed by atoms with Gasteiger partial charge in [0.15, 0.2) is 5.76 Å². The number of amides is 1. The van der Waals surface area contributed by atoms with Gasteiger partial charge in [-0.05, 0) is 30.2 Å². The lowest BCUT2D eigenvalue weighted by Crippen LogP contribution is -2.26. The number of hydrogen-bond donors (Lipinski definition) is 1. The highest BCUT2D eigenvalue weighted by molar-refractivity contribution is 8.38. The summed E-state index contributed by atoms with van der Waals surface area (Å²) in [4.78, 5) is 17.2. The largest absolute Gasteiger partial charge is 0.451 e. The third-order valence-corrected chi connectivity index (χ3v) is 6.67. The van der Waals surface area contributed by atoms with Crippen LogP contribution in [0.5, 0.6) is 0 Å². The molecule has 1 N–H and O–H groups in total. The summed E-state index contributed by atoms with van der Waals surface area (Å²) in [5, 5.41) is 3.85. The van der Waals surface area contributed by atoms with E-state index in [0.717, 1.165) is 33.2 Å². The van der Waals surface area contributed by atoms with E-state index in [4.69, 9.17) is 4.42 Å². The van der Waals surface area contributed by atoms with E-state index in [2.05, 4.69) is 10.3 Å². The molecule has 2 aromatic carbocycles. The highest BCUT2D eigenvalue weighted by atomic mass is 32.2. The summed E-state index contributed by atoms with van der Waals surface area (Å²) in [7, 11) is 0. The highest BCUT2D eigenvalue weighted by Crippen LogP contribution is 2.32. The number of fused-ring (bicyclic) bond motifs is 1. The minimum atomic E-state index is -0.270. The monoisotopic (exact) mass is 414 g/mol. The number of benzene rings is 2. The van der Waals surface area contributed by atoms with Crippen LogP contribution in [0.1, 0.15) is 21.7 Å². The van der Waals surface area contributed by atoms with Crippen LogP contribution in [0.4, 0.5) is 4.39 Å². The zero-order chi connectivity index (χ0) is 19.3. The Balaban J connectivity index is 1.48. The molecule has 28 heavy (non-hydrogen) atoms. The standard InChI is InChI=1S/C21H19FN2O2S2/c22-15-5-3-4-14(12-15)8-9-23-20(25)19-17(13-28-21-24-10-11-27-21)16-6-1-2-7-18(16)26-19/h1-7,12H,8-11,13H2,(H,23,25). The Morgan fingerprint density at radius 3 is 2.96 bits per heavy atom. The molecular formula is C21H19FN2O2S2. The summed E-state index contributed by atoms with van der Waals surface area (Å²) in [6.45, 7) is 1.26. The molecule has 4 nitrogen and oxygen atoms in total. The number of rotatable bonds is 6.